The van der Waals surface area contributed by atoms with E-state index in [1.807, 2.05) is 0 Å². The molecule has 0 fully saturated rings. The lowest BCUT2D eigenvalue weighted by Crippen LogP contribution is -2.28. The molecular weight excluding hydrogens is 761 g/mol. The Morgan fingerprint density at radius 1 is 0.222 bits per heavy atom. The second kappa shape index (κ2) is 16.3. The van der Waals surface area contributed by atoms with Crippen molar-refractivity contribution in [3.05, 3.63) is 289 Å². The molecule has 0 atom stereocenters. The Balaban J connectivity index is 1.13. The Morgan fingerprint density at radius 3 is 1.14 bits per heavy atom. The number of fused-ring (bicyclic) bond motifs is 3. The molecule has 2 heteroatoms. The molecule has 0 N–H and O–H groups in total. The van der Waals surface area contributed by atoms with Gasteiger partial charge in [0.25, 0.3) is 0 Å². The zero-order valence-corrected chi connectivity index (χ0v) is 34.8. The molecule has 0 radical (unpaired) electrons. The fraction of sp³-hybridized carbons (Fsp3) is 0.0164. The summed E-state index contributed by atoms with van der Waals surface area (Å²) in [4.78, 5) is 4.80. The lowest BCUT2D eigenvalue weighted by Gasteiger charge is -2.34. The minimum absolute atomic E-state index is 0.475. The zero-order valence-electron chi connectivity index (χ0n) is 34.8. The second-order valence-corrected chi connectivity index (χ2v) is 16.1. The van der Waals surface area contributed by atoms with Crippen molar-refractivity contribution < 1.29 is 0 Å². The van der Waals surface area contributed by atoms with Crippen molar-refractivity contribution in [2.24, 2.45) is 0 Å². The summed E-state index contributed by atoms with van der Waals surface area (Å²) in [6.45, 7) is 0. The van der Waals surface area contributed by atoms with Gasteiger partial charge >= 0.3 is 0 Å². The Kier molecular flexibility index (Phi) is 9.80. The van der Waals surface area contributed by atoms with E-state index in [9.17, 15) is 0 Å². The summed E-state index contributed by atoms with van der Waals surface area (Å²) in [6.07, 6.45) is 0. The van der Waals surface area contributed by atoms with Crippen molar-refractivity contribution in [3.63, 3.8) is 0 Å². The van der Waals surface area contributed by atoms with Gasteiger partial charge in [-0.2, -0.15) is 0 Å². The van der Waals surface area contributed by atoms with Crippen LogP contribution in [-0.2, 0) is 5.41 Å². The van der Waals surface area contributed by atoms with Crippen LogP contribution in [0, 0.1) is 0 Å². The highest BCUT2D eigenvalue weighted by molar-refractivity contribution is 5.92. The van der Waals surface area contributed by atoms with E-state index < -0.39 is 5.41 Å². The van der Waals surface area contributed by atoms with E-state index in [0.29, 0.717) is 0 Å². The third-order valence-electron chi connectivity index (χ3n) is 12.5. The lowest BCUT2D eigenvalue weighted by atomic mass is 9.68. The van der Waals surface area contributed by atoms with Crippen LogP contribution in [-0.4, -0.2) is 0 Å². The molecule has 0 bridgehead atoms. The molecule has 0 saturated carbocycles. The van der Waals surface area contributed by atoms with Crippen molar-refractivity contribution in [2.45, 2.75) is 5.41 Å². The van der Waals surface area contributed by atoms with Crippen LogP contribution in [0.1, 0.15) is 22.3 Å². The Bertz CT molecular complexity index is 3090. The minimum atomic E-state index is -0.475. The van der Waals surface area contributed by atoms with Crippen LogP contribution in [0.4, 0.5) is 34.1 Å². The molecule has 63 heavy (non-hydrogen) atoms. The number of rotatable bonds is 10. The molecule has 2 nitrogen and oxygen atoms in total. The summed E-state index contributed by atoms with van der Waals surface area (Å²) < 4.78 is 0. The fourth-order valence-corrected chi connectivity index (χ4v) is 9.71. The molecule has 0 aliphatic heterocycles. The molecule has 298 valence electrons. The summed E-state index contributed by atoms with van der Waals surface area (Å²) in [7, 11) is 0. The standard InChI is InChI=1S/C61H44N2/c1-7-21-45(22-8-1)47-35-37-53(38-36-47)62(51-29-15-5-16-30-51)55-41-48(46-23-9-2-10-24-46)42-56(43-55)63(52-31-17-6-18-32-52)54-39-40-60-58(44-54)57-33-19-20-34-59(57)61(60,49-25-11-3-12-26-49)50-27-13-4-14-28-50/h1-44H. The summed E-state index contributed by atoms with van der Waals surface area (Å²) in [6, 6.07) is 96.9. The normalized spacial score (nSPS) is 12.3. The zero-order chi connectivity index (χ0) is 42.0. The molecule has 11 rings (SSSR count). The first-order valence-electron chi connectivity index (χ1n) is 21.7. The van der Waals surface area contributed by atoms with Gasteiger partial charge in [0.15, 0.2) is 0 Å². The van der Waals surface area contributed by atoms with Crippen molar-refractivity contribution >= 4 is 34.1 Å². The first-order valence-corrected chi connectivity index (χ1v) is 21.7. The number of nitrogens with zero attached hydrogens (tertiary/aromatic N) is 2. The number of hydrogen-bond acceptors (Lipinski definition) is 2. The smallest absolute Gasteiger partial charge is 0.0713 e. The SMILES string of the molecule is c1ccc(-c2ccc(N(c3ccccc3)c3cc(-c4ccccc4)cc(N(c4ccccc4)c4ccc5c(c4)-c4ccccc4C5(c4ccccc4)c4ccccc4)c3)cc2)cc1. The van der Waals surface area contributed by atoms with Gasteiger partial charge in [-0.1, -0.05) is 200 Å². The molecule has 10 aromatic rings. The maximum Gasteiger partial charge on any atom is 0.0713 e. The number of para-hydroxylation sites is 2. The predicted molar refractivity (Wildman–Crippen MR) is 264 cm³/mol. The summed E-state index contributed by atoms with van der Waals surface area (Å²) in [5, 5.41) is 0. The molecular formula is C61H44N2. The van der Waals surface area contributed by atoms with Gasteiger partial charge in [-0.05, 0) is 122 Å². The molecule has 0 unspecified atom stereocenters. The molecule has 0 aromatic heterocycles. The van der Waals surface area contributed by atoms with Gasteiger partial charge in [0.2, 0.25) is 0 Å². The summed E-state index contributed by atoms with van der Waals surface area (Å²) in [5.74, 6) is 0. The number of benzene rings is 10. The van der Waals surface area contributed by atoms with Crippen molar-refractivity contribution in [1.29, 1.82) is 0 Å². The van der Waals surface area contributed by atoms with Crippen LogP contribution in [0.2, 0.25) is 0 Å². The van der Waals surface area contributed by atoms with Crippen LogP contribution in [0.25, 0.3) is 33.4 Å². The predicted octanol–water partition coefficient (Wildman–Crippen LogP) is 16.3. The van der Waals surface area contributed by atoms with Crippen LogP contribution < -0.4 is 9.80 Å². The van der Waals surface area contributed by atoms with Gasteiger partial charge in [0.1, 0.15) is 0 Å². The highest BCUT2D eigenvalue weighted by atomic mass is 15.2. The maximum absolute atomic E-state index is 2.42. The Morgan fingerprint density at radius 2 is 0.603 bits per heavy atom. The maximum atomic E-state index is 2.42. The van der Waals surface area contributed by atoms with E-state index in [4.69, 9.17) is 0 Å². The molecule has 1 aliphatic carbocycles. The quantitative estimate of drug-likeness (QED) is 0.136. The highest BCUT2D eigenvalue weighted by Gasteiger charge is 2.46. The van der Waals surface area contributed by atoms with E-state index in [2.05, 4.69) is 277 Å². The third-order valence-corrected chi connectivity index (χ3v) is 12.5. The van der Waals surface area contributed by atoms with Gasteiger partial charge in [-0.15, -0.1) is 0 Å². The summed E-state index contributed by atoms with van der Waals surface area (Å²) >= 11 is 0. The first-order chi connectivity index (χ1) is 31.3. The van der Waals surface area contributed by atoms with E-state index in [0.717, 1.165) is 45.3 Å². The van der Waals surface area contributed by atoms with Crippen LogP contribution in [0.15, 0.2) is 267 Å². The fourth-order valence-electron chi connectivity index (χ4n) is 9.71. The third kappa shape index (κ3) is 6.79. The molecule has 0 heterocycles. The molecule has 0 saturated heterocycles. The Labute approximate surface area is 370 Å². The van der Waals surface area contributed by atoms with E-state index >= 15 is 0 Å². The second-order valence-electron chi connectivity index (χ2n) is 16.1. The van der Waals surface area contributed by atoms with Crippen LogP contribution in [0.5, 0.6) is 0 Å². The highest BCUT2D eigenvalue weighted by Crippen LogP contribution is 2.57. The lowest BCUT2D eigenvalue weighted by molar-refractivity contribution is 0.768. The van der Waals surface area contributed by atoms with Crippen LogP contribution in [0.3, 0.4) is 0 Å². The average Bonchev–Trinajstić information content (AvgIpc) is 3.66. The largest absolute Gasteiger partial charge is 0.310 e. The van der Waals surface area contributed by atoms with Crippen LogP contribution >= 0.6 is 0 Å². The van der Waals surface area contributed by atoms with E-state index in [-0.39, 0.29) is 0 Å². The van der Waals surface area contributed by atoms with Gasteiger partial charge in [0, 0.05) is 34.1 Å². The van der Waals surface area contributed by atoms with Gasteiger partial charge in [0.05, 0.1) is 5.41 Å². The summed E-state index contributed by atoms with van der Waals surface area (Å²) in [5.41, 5.74) is 18.2. The Hall–Kier alpha value is -8.20. The van der Waals surface area contributed by atoms with E-state index in [1.54, 1.807) is 0 Å². The molecule has 1 aliphatic rings. The molecule has 0 amide bonds. The van der Waals surface area contributed by atoms with Crippen molar-refractivity contribution in [2.75, 3.05) is 9.80 Å². The van der Waals surface area contributed by atoms with E-state index in [1.165, 1.54) is 44.5 Å². The van der Waals surface area contributed by atoms with Gasteiger partial charge in [-0.25, -0.2) is 0 Å². The molecule has 0 spiro atoms. The van der Waals surface area contributed by atoms with Gasteiger partial charge < -0.3 is 9.80 Å². The topological polar surface area (TPSA) is 6.48 Å². The average molecular weight is 805 g/mol. The number of anilines is 6. The number of hydrogen-bond donors (Lipinski definition) is 0. The monoisotopic (exact) mass is 804 g/mol. The van der Waals surface area contributed by atoms with Crippen molar-refractivity contribution in [3.8, 4) is 33.4 Å². The first kappa shape index (κ1) is 37.8. The minimum Gasteiger partial charge on any atom is -0.310 e. The van der Waals surface area contributed by atoms with Gasteiger partial charge in [-0.3, -0.25) is 0 Å². The molecule has 10 aromatic carbocycles. The van der Waals surface area contributed by atoms with Crippen molar-refractivity contribution in [1.82, 2.24) is 0 Å².